The van der Waals surface area contributed by atoms with Crippen LogP contribution in [0.2, 0.25) is 0 Å². The van der Waals surface area contributed by atoms with Crippen LogP contribution in [-0.4, -0.2) is 6.61 Å². The number of hydrogen-bond acceptors (Lipinski definition) is 3. The van der Waals surface area contributed by atoms with Crippen molar-refractivity contribution >= 4 is 5.69 Å². The maximum atomic E-state index is 14.0. The summed E-state index contributed by atoms with van der Waals surface area (Å²) in [6.45, 7) is 11.3. The molecule has 0 atom stereocenters. The molecule has 3 aromatic rings. The van der Waals surface area contributed by atoms with E-state index in [4.69, 9.17) is 9.47 Å². The van der Waals surface area contributed by atoms with Gasteiger partial charge in [-0.25, -0.2) is 4.39 Å². The summed E-state index contributed by atoms with van der Waals surface area (Å²) in [7, 11) is 0. The van der Waals surface area contributed by atoms with Crippen molar-refractivity contribution in [1.29, 1.82) is 0 Å². The molecule has 0 aliphatic rings. The lowest BCUT2D eigenvalue weighted by Gasteiger charge is -2.18. The number of rotatable bonds is 10. The number of allylic oxidation sites excluding steroid dienone is 1. The predicted octanol–water partition coefficient (Wildman–Crippen LogP) is 6.76. The van der Waals surface area contributed by atoms with Gasteiger partial charge in [0.1, 0.15) is 12.4 Å². The second-order valence-electron chi connectivity index (χ2n) is 7.49. The molecule has 3 aromatic carbocycles. The average Bonchev–Trinajstić information content (AvgIpc) is 2.76. The highest BCUT2D eigenvalue weighted by Crippen LogP contribution is 2.35. The first-order valence-electron chi connectivity index (χ1n) is 10.6. The molecule has 0 bridgehead atoms. The lowest BCUT2D eigenvalue weighted by atomic mass is 10.0. The monoisotopic (exact) mass is 419 g/mol. The number of ether oxygens (including phenoxy) is 2. The van der Waals surface area contributed by atoms with Gasteiger partial charge in [0.15, 0.2) is 11.5 Å². The molecule has 0 fully saturated rings. The summed E-state index contributed by atoms with van der Waals surface area (Å²) in [5, 5.41) is 3.52. The number of benzene rings is 3. The molecule has 1 N–H and O–H groups in total. The highest BCUT2D eigenvalue weighted by atomic mass is 19.1. The molecule has 0 heterocycles. The third-order valence-electron chi connectivity index (χ3n) is 5.27. The summed E-state index contributed by atoms with van der Waals surface area (Å²) in [4.78, 5) is 0. The van der Waals surface area contributed by atoms with E-state index in [2.05, 4.69) is 50.0 Å². The first-order valence-corrected chi connectivity index (χ1v) is 10.6. The molecule has 0 aromatic heterocycles. The largest absolute Gasteiger partial charge is 0.490 e. The normalized spacial score (nSPS) is 10.6. The van der Waals surface area contributed by atoms with Crippen LogP contribution < -0.4 is 14.8 Å². The Morgan fingerprint density at radius 2 is 1.81 bits per heavy atom. The first-order chi connectivity index (χ1) is 15.0. The van der Waals surface area contributed by atoms with Crippen molar-refractivity contribution in [2.24, 2.45) is 0 Å². The van der Waals surface area contributed by atoms with Gasteiger partial charge in [-0.05, 0) is 68.1 Å². The molecule has 4 heteroatoms. The third kappa shape index (κ3) is 5.66. The maximum absolute atomic E-state index is 14.0. The van der Waals surface area contributed by atoms with Gasteiger partial charge < -0.3 is 14.8 Å². The predicted molar refractivity (Wildman–Crippen MR) is 125 cm³/mol. The maximum Gasteiger partial charge on any atom is 0.165 e. The summed E-state index contributed by atoms with van der Waals surface area (Å²) >= 11 is 0. The summed E-state index contributed by atoms with van der Waals surface area (Å²) in [5.74, 6) is 1.02. The number of hydrogen-bond donors (Lipinski definition) is 1. The highest BCUT2D eigenvalue weighted by molar-refractivity contribution is 5.55. The standard InChI is InChI=1S/C27H30FNO2/c1-5-10-22-15-21(17-29-25-14-9-11-19(3)20(25)4)16-26(30-6-2)27(22)31-18-23-12-7-8-13-24(23)28/h5,7-9,11-16,29H,1,6,10,17-18H2,2-4H3. The molecule has 0 unspecified atom stereocenters. The Labute approximate surface area is 184 Å². The quantitative estimate of drug-likeness (QED) is 0.368. The fourth-order valence-corrected chi connectivity index (χ4v) is 3.46. The smallest absolute Gasteiger partial charge is 0.165 e. The molecule has 0 aliphatic heterocycles. The fourth-order valence-electron chi connectivity index (χ4n) is 3.46. The summed E-state index contributed by atoms with van der Waals surface area (Å²) in [6.07, 6.45) is 2.47. The molecule has 0 aliphatic carbocycles. The number of nitrogens with one attached hydrogen (secondary N) is 1. The molecule has 0 saturated carbocycles. The van der Waals surface area contributed by atoms with E-state index in [0.717, 1.165) is 16.8 Å². The Morgan fingerprint density at radius 3 is 2.55 bits per heavy atom. The molecule has 3 nitrogen and oxygen atoms in total. The van der Waals surface area contributed by atoms with Crippen LogP contribution in [0.1, 0.15) is 34.7 Å². The van der Waals surface area contributed by atoms with Gasteiger partial charge in [-0.1, -0.05) is 36.4 Å². The Balaban J connectivity index is 1.87. The fraction of sp³-hybridized carbons (Fsp3) is 0.259. The van der Waals surface area contributed by atoms with Crippen molar-refractivity contribution in [2.45, 2.75) is 40.3 Å². The summed E-state index contributed by atoms with van der Waals surface area (Å²) in [5.41, 5.74) is 6.17. The van der Waals surface area contributed by atoms with Crippen LogP contribution >= 0.6 is 0 Å². The van der Waals surface area contributed by atoms with E-state index in [-0.39, 0.29) is 12.4 Å². The van der Waals surface area contributed by atoms with Crippen molar-refractivity contribution in [1.82, 2.24) is 0 Å². The molecule has 0 amide bonds. The van der Waals surface area contributed by atoms with E-state index in [1.54, 1.807) is 18.2 Å². The van der Waals surface area contributed by atoms with E-state index in [9.17, 15) is 4.39 Å². The highest BCUT2D eigenvalue weighted by Gasteiger charge is 2.15. The lowest BCUT2D eigenvalue weighted by molar-refractivity contribution is 0.263. The third-order valence-corrected chi connectivity index (χ3v) is 5.27. The van der Waals surface area contributed by atoms with Gasteiger partial charge in [0.25, 0.3) is 0 Å². The van der Waals surface area contributed by atoms with Crippen molar-refractivity contribution < 1.29 is 13.9 Å². The Bertz CT molecular complexity index is 1050. The molecule has 31 heavy (non-hydrogen) atoms. The van der Waals surface area contributed by atoms with Gasteiger partial charge >= 0.3 is 0 Å². The average molecular weight is 420 g/mol. The van der Waals surface area contributed by atoms with Crippen LogP contribution in [0.25, 0.3) is 0 Å². The lowest BCUT2D eigenvalue weighted by Crippen LogP contribution is -2.07. The number of anilines is 1. The van der Waals surface area contributed by atoms with Crippen LogP contribution in [0.3, 0.4) is 0 Å². The van der Waals surface area contributed by atoms with Crippen molar-refractivity contribution in [2.75, 3.05) is 11.9 Å². The molecule has 162 valence electrons. The van der Waals surface area contributed by atoms with E-state index in [1.165, 1.54) is 17.2 Å². The molecule has 3 rings (SSSR count). The summed E-state index contributed by atoms with van der Waals surface area (Å²) in [6, 6.07) is 17.0. The van der Waals surface area contributed by atoms with Gasteiger partial charge in [0.05, 0.1) is 6.61 Å². The van der Waals surface area contributed by atoms with Crippen LogP contribution in [0.15, 0.2) is 67.3 Å². The Kier molecular flexibility index (Phi) is 7.71. The zero-order valence-corrected chi connectivity index (χ0v) is 18.5. The zero-order chi connectivity index (χ0) is 22.2. The molecular weight excluding hydrogens is 389 g/mol. The van der Waals surface area contributed by atoms with Crippen LogP contribution in [0, 0.1) is 19.7 Å². The van der Waals surface area contributed by atoms with Crippen LogP contribution in [-0.2, 0) is 19.6 Å². The van der Waals surface area contributed by atoms with Crippen molar-refractivity contribution in [3.05, 3.63) is 101 Å². The number of aryl methyl sites for hydroxylation is 1. The van der Waals surface area contributed by atoms with Crippen molar-refractivity contribution in [3.8, 4) is 11.5 Å². The first kappa shape index (κ1) is 22.4. The zero-order valence-electron chi connectivity index (χ0n) is 18.5. The summed E-state index contributed by atoms with van der Waals surface area (Å²) < 4.78 is 26.0. The van der Waals surface area contributed by atoms with Crippen molar-refractivity contribution in [3.63, 3.8) is 0 Å². The van der Waals surface area contributed by atoms with E-state index in [1.807, 2.05) is 19.1 Å². The molecule has 0 spiro atoms. The van der Waals surface area contributed by atoms with Crippen LogP contribution in [0.4, 0.5) is 10.1 Å². The second kappa shape index (κ2) is 10.7. The minimum Gasteiger partial charge on any atom is -0.490 e. The van der Waals surface area contributed by atoms with Gasteiger partial charge in [0, 0.05) is 23.4 Å². The molecular formula is C27H30FNO2. The Hall–Kier alpha value is -3.27. The van der Waals surface area contributed by atoms with Gasteiger partial charge in [0.2, 0.25) is 0 Å². The van der Waals surface area contributed by atoms with E-state index >= 15 is 0 Å². The van der Waals surface area contributed by atoms with E-state index < -0.39 is 0 Å². The minimum absolute atomic E-state index is 0.136. The minimum atomic E-state index is -0.278. The topological polar surface area (TPSA) is 30.5 Å². The van der Waals surface area contributed by atoms with Gasteiger partial charge in [-0.15, -0.1) is 6.58 Å². The number of halogens is 1. The van der Waals surface area contributed by atoms with E-state index in [0.29, 0.717) is 36.6 Å². The molecule has 0 saturated heterocycles. The molecule has 0 radical (unpaired) electrons. The Morgan fingerprint density at radius 1 is 1.00 bits per heavy atom. The second-order valence-corrected chi connectivity index (χ2v) is 7.49. The van der Waals surface area contributed by atoms with Gasteiger partial charge in [-0.3, -0.25) is 0 Å². The van der Waals surface area contributed by atoms with Crippen LogP contribution in [0.5, 0.6) is 11.5 Å². The van der Waals surface area contributed by atoms with Gasteiger partial charge in [-0.2, -0.15) is 0 Å². The SMILES string of the molecule is C=CCc1cc(CNc2cccc(C)c2C)cc(OCC)c1OCc1ccccc1F.